The van der Waals surface area contributed by atoms with Gasteiger partial charge in [0.1, 0.15) is 0 Å². The lowest BCUT2D eigenvalue weighted by Gasteiger charge is -2.30. The van der Waals surface area contributed by atoms with Gasteiger partial charge in [0.25, 0.3) is 0 Å². The molecular weight excluding hydrogens is 240 g/mol. The van der Waals surface area contributed by atoms with Gasteiger partial charge >= 0.3 is 0 Å². The Hall–Kier alpha value is -0.810. The standard InChI is InChI=1S/C14H30N4O/c1-3-19-11-5-7-16-14(15)17-8-10-18-9-4-6-13(2)12-18/h13H,3-12H2,1-2H3,(H3,15,16,17). The maximum Gasteiger partial charge on any atom is 0.188 e. The van der Waals surface area contributed by atoms with Gasteiger partial charge in [0.05, 0.1) is 0 Å². The van der Waals surface area contributed by atoms with Gasteiger partial charge in [-0.2, -0.15) is 0 Å². The van der Waals surface area contributed by atoms with Crippen LogP contribution in [0.1, 0.15) is 33.1 Å². The summed E-state index contributed by atoms with van der Waals surface area (Å²) in [5, 5.41) is 3.18. The smallest absolute Gasteiger partial charge is 0.188 e. The van der Waals surface area contributed by atoms with Gasteiger partial charge in [-0.25, -0.2) is 0 Å². The van der Waals surface area contributed by atoms with Crippen molar-refractivity contribution in [2.45, 2.75) is 33.1 Å². The van der Waals surface area contributed by atoms with E-state index in [9.17, 15) is 0 Å². The van der Waals surface area contributed by atoms with Crippen molar-refractivity contribution in [2.24, 2.45) is 16.6 Å². The van der Waals surface area contributed by atoms with Crippen LogP contribution in [0.15, 0.2) is 4.99 Å². The van der Waals surface area contributed by atoms with Crippen molar-refractivity contribution < 1.29 is 4.74 Å². The van der Waals surface area contributed by atoms with Gasteiger partial charge in [0.2, 0.25) is 0 Å². The zero-order valence-electron chi connectivity index (χ0n) is 12.5. The van der Waals surface area contributed by atoms with Gasteiger partial charge in [-0.3, -0.25) is 4.99 Å². The normalized spacial score (nSPS) is 21.6. The number of hydrogen-bond acceptors (Lipinski definition) is 3. The summed E-state index contributed by atoms with van der Waals surface area (Å²) < 4.78 is 5.25. The Morgan fingerprint density at radius 2 is 2.37 bits per heavy atom. The molecule has 0 amide bonds. The van der Waals surface area contributed by atoms with E-state index in [1.165, 1.54) is 25.9 Å². The SMILES string of the molecule is CCOCCCN=C(N)NCCN1CCCC(C)C1. The van der Waals surface area contributed by atoms with Gasteiger partial charge in [0, 0.05) is 39.4 Å². The maximum absolute atomic E-state index is 5.81. The van der Waals surface area contributed by atoms with Crippen molar-refractivity contribution in [3.8, 4) is 0 Å². The van der Waals surface area contributed by atoms with E-state index in [0.717, 1.165) is 45.2 Å². The number of nitrogens with zero attached hydrogens (tertiary/aromatic N) is 2. The van der Waals surface area contributed by atoms with Gasteiger partial charge in [-0.1, -0.05) is 6.92 Å². The van der Waals surface area contributed by atoms with Gasteiger partial charge in [0.15, 0.2) is 5.96 Å². The van der Waals surface area contributed by atoms with Crippen molar-refractivity contribution in [3.05, 3.63) is 0 Å². The van der Waals surface area contributed by atoms with Crippen molar-refractivity contribution in [1.82, 2.24) is 10.2 Å². The van der Waals surface area contributed by atoms with Crippen molar-refractivity contribution in [1.29, 1.82) is 0 Å². The van der Waals surface area contributed by atoms with E-state index in [1.807, 2.05) is 6.92 Å². The van der Waals surface area contributed by atoms with E-state index in [2.05, 4.69) is 22.1 Å². The molecule has 5 nitrogen and oxygen atoms in total. The minimum atomic E-state index is 0.557. The van der Waals surface area contributed by atoms with E-state index in [-0.39, 0.29) is 0 Å². The largest absolute Gasteiger partial charge is 0.382 e. The van der Waals surface area contributed by atoms with Crippen LogP contribution in [0.3, 0.4) is 0 Å². The predicted molar refractivity (Wildman–Crippen MR) is 80.4 cm³/mol. The Bertz CT molecular complexity index is 258. The third-order valence-electron chi connectivity index (χ3n) is 3.41. The topological polar surface area (TPSA) is 62.9 Å². The number of nitrogens with one attached hydrogen (secondary N) is 1. The molecule has 1 aliphatic heterocycles. The van der Waals surface area contributed by atoms with Crippen LogP contribution in [0.25, 0.3) is 0 Å². The van der Waals surface area contributed by atoms with Crippen LogP contribution in [0.2, 0.25) is 0 Å². The van der Waals surface area contributed by atoms with Crippen LogP contribution < -0.4 is 11.1 Å². The molecule has 0 radical (unpaired) electrons. The molecule has 0 aromatic rings. The highest BCUT2D eigenvalue weighted by molar-refractivity contribution is 5.77. The first-order valence-corrected chi connectivity index (χ1v) is 7.56. The molecule has 0 aromatic carbocycles. The second-order valence-electron chi connectivity index (χ2n) is 5.29. The van der Waals surface area contributed by atoms with Gasteiger partial charge in [-0.05, 0) is 38.6 Å². The lowest BCUT2D eigenvalue weighted by atomic mass is 10.0. The number of likely N-dealkylation sites (tertiary alicyclic amines) is 1. The number of ether oxygens (including phenoxy) is 1. The molecular formula is C14H30N4O. The first kappa shape index (κ1) is 16.2. The minimum Gasteiger partial charge on any atom is -0.382 e. The molecule has 1 saturated heterocycles. The summed E-state index contributed by atoms with van der Waals surface area (Å²) in [6, 6.07) is 0. The number of rotatable bonds is 8. The predicted octanol–water partition coefficient (Wildman–Crippen LogP) is 1.05. The number of hydrogen-bond donors (Lipinski definition) is 2. The van der Waals surface area contributed by atoms with Crippen LogP contribution in [-0.2, 0) is 4.74 Å². The molecule has 0 saturated carbocycles. The number of aliphatic imine (C=N–C) groups is 1. The van der Waals surface area contributed by atoms with Crippen molar-refractivity contribution >= 4 is 5.96 Å². The van der Waals surface area contributed by atoms with Crippen LogP contribution in [0.4, 0.5) is 0 Å². The van der Waals surface area contributed by atoms with Crippen LogP contribution >= 0.6 is 0 Å². The Morgan fingerprint density at radius 3 is 3.11 bits per heavy atom. The fourth-order valence-corrected chi connectivity index (χ4v) is 2.40. The molecule has 5 heteroatoms. The first-order chi connectivity index (χ1) is 9.22. The van der Waals surface area contributed by atoms with Crippen LogP contribution in [0, 0.1) is 5.92 Å². The van der Waals surface area contributed by atoms with Gasteiger partial charge < -0.3 is 20.7 Å². The molecule has 0 spiro atoms. The molecule has 1 atom stereocenters. The zero-order chi connectivity index (χ0) is 13.9. The highest BCUT2D eigenvalue weighted by Crippen LogP contribution is 2.14. The Balaban J connectivity index is 2.02. The Labute approximate surface area is 117 Å². The van der Waals surface area contributed by atoms with Crippen LogP contribution in [0.5, 0.6) is 0 Å². The molecule has 0 aromatic heterocycles. The third-order valence-corrected chi connectivity index (χ3v) is 3.41. The van der Waals surface area contributed by atoms with Crippen molar-refractivity contribution in [2.75, 3.05) is 45.9 Å². The Kier molecular flexibility index (Phi) is 8.58. The number of piperidine rings is 1. The molecule has 0 bridgehead atoms. The molecule has 1 aliphatic rings. The molecule has 0 aliphatic carbocycles. The molecule has 112 valence electrons. The summed E-state index contributed by atoms with van der Waals surface area (Å²) in [5.74, 6) is 1.39. The summed E-state index contributed by atoms with van der Waals surface area (Å²) in [6.07, 6.45) is 3.62. The quantitative estimate of drug-likeness (QED) is 0.393. The minimum absolute atomic E-state index is 0.557. The van der Waals surface area contributed by atoms with E-state index in [4.69, 9.17) is 10.5 Å². The monoisotopic (exact) mass is 270 g/mol. The second-order valence-corrected chi connectivity index (χ2v) is 5.29. The molecule has 1 rings (SSSR count). The lowest BCUT2D eigenvalue weighted by Crippen LogP contribution is -2.42. The summed E-state index contributed by atoms with van der Waals surface area (Å²) in [4.78, 5) is 6.78. The third kappa shape index (κ3) is 8.06. The van der Waals surface area contributed by atoms with Gasteiger partial charge in [-0.15, -0.1) is 0 Å². The number of guanidine groups is 1. The molecule has 1 fully saturated rings. The van der Waals surface area contributed by atoms with E-state index >= 15 is 0 Å². The maximum atomic E-state index is 5.81. The lowest BCUT2D eigenvalue weighted by molar-refractivity contribution is 0.146. The summed E-state index contributed by atoms with van der Waals surface area (Å²) in [6.45, 7) is 11.0. The summed E-state index contributed by atoms with van der Waals surface area (Å²) in [5.41, 5.74) is 5.81. The van der Waals surface area contributed by atoms with Crippen LogP contribution in [-0.4, -0.2) is 56.8 Å². The fraction of sp³-hybridized carbons (Fsp3) is 0.929. The average molecular weight is 270 g/mol. The fourth-order valence-electron chi connectivity index (χ4n) is 2.40. The van der Waals surface area contributed by atoms with Crippen molar-refractivity contribution in [3.63, 3.8) is 0 Å². The molecule has 1 heterocycles. The molecule has 1 unspecified atom stereocenters. The highest BCUT2D eigenvalue weighted by atomic mass is 16.5. The first-order valence-electron chi connectivity index (χ1n) is 7.56. The van der Waals surface area contributed by atoms with E-state index < -0.39 is 0 Å². The average Bonchev–Trinajstić information content (AvgIpc) is 2.38. The summed E-state index contributed by atoms with van der Waals surface area (Å²) >= 11 is 0. The zero-order valence-corrected chi connectivity index (χ0v) is 12.5. The summed E-state index contributed by atoms with van der Waals surface area (Å²) in [7, 11) is 0. The molecule has 19 heavy (non-hydrogen) atoms. The van der Waals surface area contributed by atoms with E-state index in [1.54, 1.807) is 0 Å². The molecule has 3 N–H and O–H groups in total. The second kappa shape index (κ2) is 10.0. The highest BCUT2D eigenvalue weighted by Gasteiger charge is 2.15. The Morgan fingerprint density at radius 1 is 1.53 bits per heavy atom. The number of nitrogens with two attached hydrogens (primary N) is 1. The van der Waals surface area contributed by atoms with E-state index in [0.29, 0.717) is 5.96 Å².